The molecule has 1 fully saturated rings. The van der Waals surface area contributed by atoms with Crippen LogP contribution >= 0.6 is 11.6 Å². The minimum Gasteiger partial charge on any atom is -0.369 e. The summed E-state index contributed by atoms with van der Waals surface area (Å²) in [6.07, 6.45) is 0.814. The number of likely N-dealkylation sites (N-methyl/N-ethyl adjacent to an activating group) is 1. The number of benzene rings is 3. The van der Waals surface area contributed by atoms with E-state index in [9.17, 15) is 4.79 Å². The van der Waals surface area contributed by atoms with Gasteiger partial charge in [0.25, 0.3) is 5.91 Å². The van der Waals surface area contributed by atoms with E-state index in [2.05, 4.69) is 41.1 Å². The summed E-state index contributed by atoms with van der Waals surface area (Å²) in [7, 11) is 2.17. The van der Waals surface area contributed by atoms with E-state index >= 15 is 0 Å². The van der Waals surface area contributed by atoms with E-state index < -0.39 is 0 Å². The fourth-order valence-corrected chi connectivity index (χ4v) is 4.29. The van der Waals surface area contributed by atoms with Crippen LogP contribution in [0.25, 0.3) is 0 Å². The summed E-state index contributed by atoms with van der Waals surface area (Å²) in [5.41, 5.74) is 4.37. The topological polar surface area (TPSA) is 26.8 Å². The number of para-hydroxylation sites is 1. The molecule has 0 aliphatic carbocycles. The molecule has 0 bridgehead atoms. The molecule has 1 heterocycles. The fourth-order valence-electron chi connectivity index (χ4n) is 4.16. The minimum atomic E-state index is 0.0534. The predicted molar refractivity (Wildman–Crippen MR) is 132 cm³/mol. The lowest BCUT2D eigenvalue weighted by molar-refractivity contribution is 0.0745. The molecule has 5 heteroatoms. The average Bonchev–Trinajstić information content (AvgIpc) is 2.84. The first-order valence-electron chi connectivity index (χ1n) is 11.2. The SMILES string of the molecule is CN1CCN(c2ccccc2CCN(Cc2ccc(Cl)cc2)C(=O)c2ccccc2)CC1. The van der Waals surface area contributed by atoms with E-state index in [0.29, 0.717) is 23.7 Å². The van der Waals surface area contributed by atoms with E-state index in [1.807, 2.05) is 59.5 Å². The number of amides is 1. The van der Waals surface area contributed by atoms with Crippen LogP contribution in [0.5, 0.6) is 0 Å². The smallest absolute Gasteiger partial charge is 0.254 e. The number of hydrogen-bond acceptors (Lipinski definition) is 3. The van der Waals surface area contributed by atoms with Crippen molar-refractivity contribution in [1.29, 1.82) is 0 Å². The van der Waals surface area contributed by atoms with Crippen LogP contribution in [0.2, 0.25) is 5.02 Å². The number of piperazine rings is 1. The first-order chi connectivity index (χ1) is 15.6. The summed E-state index contributed by atoms with van der Waals surface area (Å²) in [5.74, 6) is 0.0534. The zero-order valence-corrected chi connectivity index (χ0v) is 19.3. The second kappa shape index (κ2) is 10.7. The molecule has 4 rings (SSSR count). The molecule has 0 N–H and O–H groups in total. The average molecular weight is 448 g/mol. The lowest BCUT2D eigenvalue weighted by Gasteiger charge is -2.35. The number of halogens is 1. The molecule has 4 nitrogen and oxygen atoms in total. The lowest BCUT2D eigenvalue weighted by Crippen LogP contribution is -2.44. The Morgan fingerprint density at radius 2 is 1.53 bits per heavy atom. The number of carbonyl (C=O) groups is 1. The number of nitrogens with zero attached hydrogens (tertiary/aromatic N) is 3. The van der Waals surface area contributed by atoms with Gasteiger partial charge in [-0.1, -0.05) is 60.1 Å². The van der Waals surface area contributed by atoms with Gasteiger partial charge in [-0.25, -0.2) is 0 Å². The molecule has 1 amide bonds. The van der Waals surface area contributed by atoms with Crippen LogP contribution in [0, 0.1) is 0 Å². The molecule has 0 atom stereocenters. The van der Waals surface area contributed by atoms with Crippen molar-refractivity contribution in [3.8, 4) is 0 Å². The Hall–Kier alpha value is -2.82. The zero-order valence-electron chi connectivity index (χ0n) is 18.6. The summed E-state index contributed by atoms with van der Waals surface area (Å²) in [4.78, 5) is 20.1. The first kappa shape index (κ1) is 22.4. The van der Waals surface area contributed by atoms with Crippen molar-refractivity contribution in [2.45, 2.75) is 13.0 Å². The largest absolute Gasteiger partial charge is 0.369 e. The Bertz CT molecular complexity index is 1010. The molecule has 1 aliphatic heterocycles. The molecule has 0 saturated carbocycles. The highest BCUT2D eigenvalue weighted by molar-refractivity contribution is 6.30. The molecule has 1 saturated heterocycles. The van der Waals surface area contributed by atoms with Gasteiger partial charge in [0.05, 0.1) is 0 Å². The Morgan fingerprint density at radius 1 is 0.875 bits per heavy atom. The van der Waals surface area contributed by atoms with E-state index in [1.165, 1.54) is 11.3 Å². The highest BCUT2D eigenvalue weighted by Gasteiger charge is 2.19. The third-order valence-electron chi connectivity index (χ3n) is 6.08. The van der Waals surface area contributed by atoms with Gasteiger partial charge in [-0.15, -0.1) is 0 Å². The van der Waals surface area contributed by atoms with Gasteiger partial charge in [0.2, 0.25) is 0 Å². The molecule has 0 spiro atoms. The Morgan fingerprint density at radius 3 is 2.25 bits per heavy atom. The van der Waals surface area contributed by atoms with Gasteiger partial charge in [-0.3, -0.25) is 4.79 Å². The van der Waals surface area contributed by atoms with Gasteiger partial charge in [0.1, 0.15) is 0 Å². The van der Waals surface area contributed by atoms with Gasteiger partial charge in [-0.2, -0.15) is 0 Å². The number of hydrogen-bond donors (Lipinski definition) is 0. The van der Waals surface area contributed by atoms with Crippen molar-refractivity contribution in [2.75, 3.05) is 44.7 Å². The number of rotatable bonds is 7. The number of carbonyl (C=O) groups excluding carboxylic acids is 1. The first-order valence-corrected chi connectivity index (χ1v) is 11.6. The standard InChI is InChI=1S/C27H30ClN3O/c1-29-17-19-30(20-18-29)26-10-6-5-7-23(26)15-16-31(21-22-11-13-25(28)14-12-22)27(32)24-8-3-2-4-9-24/h2-14H,15-21H2,1H3. The van der Waals surface area contributed by atoms with Crippen LogP contribution < -0.4 is 4.90 Å². The minimum absolute atomic E-state index is 0.0534. The van der Waals surface area contributed by atoms with Crippen LogP contribution in [0.3, 0.4) is 0 Å². The Kier molecular flexibility index (Phi) is 7.46. The second-order valence-electron chi connectivity index (χ2n) is 8.39. The van der Waals surface area contributed by atoms with E-state index in [4.69, 9.17) is 11.6 Å². The molecule has 3 aromatic rings. The molecular formula is C27H30ClN3O. The van der Waals surface area contributed by atoms with E-state index in [1.54, 1.807) is 0 Å². The second-order valence-corrected chi connectivity index (χ2v) is 8.82. The highest BCUT2D eigenvalue weighted by Crippen LogP contribution is 2.23. The maximum absolute atomic E-state index is 13.3. The van der Waals surface area contributed by atoms with Crippen molar-refractivity contribution in [3.63, 3.8) is 0 Å². The molecule has 0 aromatic heterocycles. The Balaban J connectivity index is 1.52. The molecule has 0 unspecified atom stereocenters. The van der Waals surface area contributed by atoms with Crippen molar-refractivity contribution in [3.05, 3.63) is 101 Å². The fraction of sp³-hybridized carbons (Fsp3) is 0.296. The maximum Gasteiger partial charge on any atom is 0.254 e. The zero-order chi connectivity index (χ0) is 22.3. The molecule has 3 aromatic carbocycles. The van der Waals surface area contributed by atoms with Gasteiger partial charge in [0, 0.05) is 55.5 Å². The van der Waals surface area contributed by atoms with Gasteiger partial charge in [0.15, 0.2) is 0 Å². The number of anilines is 1. The van der Waals surface area contributed by atoms with Crippen molar-refractivity contribution in [2.24, 2.45) is 0 Å². The van der Waals surface area contributed by atoms with E-state index in [-0.39, 0.29) is 5.91 Å². The van der Waals surface area contributed by atoms with Crippen molar-refractivity contribution >= 4 is 23.2 Å². The van der Waals surface area contributed by atoms with Gasteiger partial charge >= 0.3 is 0 Å². The van der Waals surface area contributed by atoms with Crippen molar-refractivity contribution in [1.82, 2.24) is 9.80 Å². The van der Waals surface area contributed by atoms with Gasteiger partial charge in [-0.05, 0) is 54.9 Å². The molecule has 166 valence electrons. The van der Waals surface area contributed by atoms with Crippen molar-refractivity contribution < 1.29 is 4.79 Å². The van der Waals surface area contributed by atoms with Crippen LogP contribution in [-0.2, 0) is 13.0 Å². The summed E-state index contributed by atoms with van der Waals surface area (Å²) >= 11 is 6.06. The molecular weight excluding hydrogens is 418 g/mol. The van der Waals surface area contributed by atoms with Crippen LogP contribution in [0.1, 0.15) is 21.5 Å². The van der Waals surface area contributed by atoms with Crippen LogP contribution in [0.4, 0.5) is 5.69 Å². The maximum atomic E-state index is 13.3. The molecule has 0 radical (unpaired) electrons. The quantitative estimate of drug-likeness (QED) is 0.511. The van der Waals surface area contributed by atoms with Crippen LogP contribution in [-0.4, -0.2) is 55.5 Å². The normalized spacial score (nSPS) is 14.4. The lowest BCUT2D eigenvalue weighted by atomic mass is 10.1. The summed E-state index contributed by atoms with van der Waals surface area (Å²) < 4.78 is 0. The summed E-state index contributed by atoms with van der Waals surface area (Å²) in [5, 5.41) is 0.704. The summed E-state index contributed by atoms with van der Waals surface area (Å²) in [6.45, 7) is 5.42. The van der Waals surface area contributed by atoms with E-state index in [0.717, 1.165) is 38.2 Å². The monoisotopic (exact) mass is 447 g/mol. The predicted octanol–water partition coefficient (Wildman–Crippen LogP) is 4.98. The van der Waals surface area contributed by atoms with Crippen LogP contribution in [0.15, 0.2) is 78.9 Å². The highest BCUT2D eigenvalue weighted by atomic mass is 35.5. The van der Waals surface area contributed by atoms with Gasteiger partial charge < -0.3 is 14.7 Å². The molecule has 32 heavy (non-hydrogen) atoms. The Labute approximate surface area is 196 Å². The summed E-state index contributed by atoms with van der Waals surface area (Å²) in [6, 6.07) is 25.9. The molecule has 1 aliphatic rings. The third-order valence-corrected chi connectivity index (χ3v) is 6.33. The third kappa shape index (κ3) is 5.70.